The van der Waals surface area contributed by atoms with Crippen molar-refractivity contribution in [2.45, 2.75) is 193 Å². The summed E-state index contributed by atoms with van der Waals surface area (Å²) in [5.74, 6) is -2.44. The van der Waals surface area contributed by atoms with Gasteiger partial charge in [-0.15, -0.1) is 0 Å². The number of carbonyl (C=O) groups is 3. The molecule has 0 rings (SSSR count). The van der Waals surface area contributed by atoms with Crippen molar-refractivity contribution in [3.05, 3.63) is 85.1 Å². The molecule has 0 aliphatic carbocycles. The van der Waals surface area contributed by atoms with Gasteiger partial charge in [0.05, 0.1) is 13.2 Å². The largest absolute Gasteiger partial charge is 0.480 e. The molecule has 354 valence electrons. The van der Waals surface area contributed by atoms with Gasteiger partial charge in [0.25, 0.3) is 0 Å². The monoisotopic (exact) mass is 890 g/mol. The second-order valence-electron chi connectivity index (χ2n) is 15.6. The third kappa shape index (κ3) is 43.3. The van der Waals surface area contributed by atoms with E-state index in [4.69, 9.17) is 13.8 Å². The van der Waals surface area contributed by atoms with Gasteiger partial charge in [-0.3, -0.25) is 18.6 Å². The second kappa shape index (κ2) is 44.3. The summed E-state index contributed by atoms with van der Waals surface area (Å²) in [6, 6.07) is -1.57. The third-order valence-corrected chi connectivity index (χ3v) is 10.6. The van der Waals surface area contributed by atoms with Gasteiger partial charge in [0.1, 0.15) is 12.7 Å². The van der Waals surface area contributed by atoms with E-state index in [0.29, 0.717) is 12.8 Å². The minimum absolute atomic E-state index is 0.103. The number of rotatable bonds is 43. The van der Waals surface area contributed by atoms with E-state index >= 15 is 0 Å². The van der Waals surface area contributed by atoms with E-state index in [-0.39, 0.29) is 12.8 Å². The van der Waals surface area contributed by atoms with E-state index in [1.165, 1.54) is 44.9 Å². The van der Waals surface area contributed by atoms with E-state index in [1.807, 2.05) is 0 Å². The van der Waals surface area contributed by atoms with Crippen molar-refractivity contribution in [2.24, 2.45) is 0 Å². The molecule has 0 saturated heterocycles. The fourth-order valence-corrected chi connectivity index (χ4v) is 6.72. The Morgan fingerprint density at radius 1 is 0.516 bits per heavy atom. The van der Waals surface area contributed by atoms with Crippen molar-refractivity contribution in [1.82, 2.24) is 5.32 Å². The molecular formula is C50H84NO10P. The van der Waals surface area contributed by atoms with Gasteiger partial charge >= 0.3 is 19.8 Å². The average Bonchev–Trinajstić information content (AvgIpc) is 3.25. The molecule has 0 radical (unpaired) electrons. The van der Waals surface area contributed by atoms with Gasteiger partial charge in [-0.05, 0) is 96.3 Å². The van der Waals surface area contributed by atoms with Crippen LogP contribution in [-0.4, -0.2) is 64.9 Å². The highest BCUT2D eigenvalue weighted by Crippen LogP contribution is 2.43. The number of amides is 1. The Kier molecular flexibility index (Phi) is 41.9. The molecule has 0 aliphatic rings. The van der Waals surface area contributed by atoms with Crippen LogP contribution in [-0.2, 0) is 32.7 Å². The lowest BCUT2D eigenvalue weighted by Gasteiger charge is -2.18. The van der Waals surface area contributed by atoms with Gasteiger partial charge in [0, 0.05) is 12.8 Å². The van der Waals surface area contributed by atoms with Crippen LogP contribution in [0.1, 0.15) is 181 Å². The fraction of sp³-hybridized carbons (Fsp3) is 0.660. The van der Waals surface area contributed by atoms with Crippen molar-refractivity contribution >= 4 is 25.7 Å². The van der Waals surface area contributed by atoms with Crippen molar-refractivity contribution in [2.75, 3.05) is 19.8 Å². The lowest BCUT2D eigenvalue weighted by molar-refractivity contribution is -0.147. The summed E-state index contributed by atoms with van der Waals surface area (Å²) in [5, 5.41) is 21.9. The van der Waals surface area contributed by atoms with Gasteiger partial charge in [-0.1, -0.05) is 157 Å². The number of unbranched alkanes of at least 4 members (excludes halogenated alkanes) is 15. The van der Waals surface area contributed by atoms with Crippen LogP contribution in [0.15, 0.2) is 85.1 Å². The number of aliphatic carboxylic acids is 1. The first-order chi connectivity index (χ1) is 30.1. The lowest BCUT2D eigenvalue weighted by atomic mass is 10.1. The van der Waals surface area contributed by atoms with Gasteiger partial charge in [0.15, 0.2) is 6.04 Å². The van der Waals surface area contributed by atoms with E-state index in [0.717, 1.165) is 96.3 Å². The number of hydrogen-bond acceptors (Lipinski definition) is 8. The van der Waals surface area contributed by atoms with Crippen molar-refractivity contribution in [3.63, 3.8) is 0 Å². The number of carboxylic acids is 1. The van der Waals surface area contributed by atoms with Gasteiger partial charge in [0.2, 0.25) is 5.91 Å². The topological polar surface area (TPSA) is 169 Å². The predicted octanol–water partition coefficient (Wildman–Crippen LogP) is 12.7. The predicted molar refractivity (Wildman–Crippen MR) is 254 cm³/mol. The van der Waals surface area contributed by atoms with E-state index in [2.05, 4.69) is 104 Å². The zero-order chi connectivity index (χ0) is 45.6. The Bertz CT molecular complexity index is 1370. The molecule has 0 aromatic rings. The average molecular weight is 890 g/mol. The Morgan fingerprint density at radius 2 is 0.887 bits per heavy atom. The summed E-state index contributed by atoms with van der Waals surface area (Å²) in [6.07, 6.45) is 54.5. The molecule has 0 aromatic heterocycles. The second-order valence-corrected chi connectivity index (χ2v) is 17.0. The van der Waals surface area contributed by atoms with Gasteiger partial charge in [-0.25, -0.2) is 9.36 Å². The molecule has 0 spiro atoms. The molecule has 3 atom stereocenters. The first kappa shape index (κ1) is 58.7. The van der Waals surface area contributed by atoms with E-state index in [1.54, 1.807) is 0 Å². The van der Waals surface area contributed by atoms with Crippen molar-refractivity contribution in [1.29, 1.82) is 0 Å². The van der Waals surface area contributed by atoms with E-state index < -0.39 is 57.6 Å². The molecule has 0 bridgehead atoms. The number of ether oxygens (including phenoxy) is 1. The van der Waals surface area contributed by atoms with Crippen LogP contribution < -0.4 is 5.32 Å². The SMILES string of the molecule is CCCCC/C=C\C/C=C\C/C=C\C/C=C\CCCCCC(=O)NC(COP(=O)(O)OCC(O)COC(=O)CCCCCCCC/C=C\C/C=C\C/C=C\CCCCC)C(=O)O. The van der Waals surface area contributed by atoms with Crippen molar-refractivity contribution in [3.8, 4) is 0 Å². The summed E-state index contributed by atoms with van der Waals surface area (Å²) >= 11 is 0. The zero-order valence-electron chi connectivity index (χ0n) is 38.4. The Balaban J connectivity index is 3.97. The maximum absolute atomic E-state index is 12.3. The first-order valence-corrected chi connectivity index (χ1v) is 25.1. The van der Waals surface area contributed by atoms with Crippen LogP contribution in [0.3, 0.4) is 0 Å². The number of allylic oxidation sites excluding steroid dienone is 14. The number of carboxylic acid groups (broad SMARTS) is 1. The molecule has 0 heterocycles. The molecule has 3 unspecified atom stereocenters. The summed E-state index contributed by atoms with van der Waals surface area (Å²) < 4.78 is 26.9. The molecule has 0 fully saturated rings. The zero-order valence-corrected chi connectivity index (χ0v) is 39.3. The molecule has 0 aromatic carbocycles. The minimum atomic E-state index is -4.78. The number of phosphoric acid groups is 1. The van der Waals surface area contributed by atoms with Crippen LogP contribution >= 0.6 is 7.82 Å². The number of hydrogen-bond donors (Lipinski definition) is 4. The number of esters is 1. The highest BCUT2D eigenvalue weighted by atomic mass is 31.2. The number of carbonyl (C=O) groups excluding carboxylic acids is 2. The van der Waals surface area contributed by atoms with Gasteiger partial charge in [-0.2, -0.15) is 0 Å². The standard InChI is InChI=1S/C50H84NO10P/c1-3-5-7-9-11-13-15-17-19-21-23-25-27-29-31-33-35-37-39-41-48(53)51-47(50(55)56)45-61-62(57,58)60-44-46(52)43-59-49(54)42-40-38-36-34-32-30-28-26-24-22-20-18-16-14-12-10-8-6-4-2/h11-14,17-20,23-26,29,31,46-47,52H,3-10,15-16,21-22,27-28,30,32-45H2,1-2H3,(H,51,53)(H,55,56)(H,57,58)/b13-11-,14-12-,19-17-,20-18-,25-23-,26-24-,31-29-. The maximum Gasteiger partial charge on any atom is 0.472 e. The highest BCUT2D eigenvalue weighted by molar-refractivity contribution is 7.47. The molecular weight excluding hydrogens is 806 g/mol. The highest BCUT2D eigenvalue weighted by Gasteiger charge is 2.28. The fourth-order valence-electron chi connectivity index (χ4n) is 5.95. The number of phosphoric ester groups is 1. The maximum atomic E-state index is 12.3. The molecule has 11 nitrogen and oxygen atoms in total. The summed E-state index contributed by atoms with van der Waals surface area (Å²) in [5.41, 5.74) is 0. The Morgan fingerprint density at radius 3 is 1.34 bits per heavy atom. The van der Waals surface area contributed by atoms with Crippen molar-refractivity contribution < 1.29 is 47.8 Å². The summed E-state index contributed by atoms with van der Waals surface area (Å²) in [6.45, 7) is 2.50. The number of aliphatic hydroxyl groups excluding tert-OH is 1. The molecule has 1 amide bonds. The Hall–Kier alpha value is -3.34. The Labute approximate surface area is 375 Å². The van der Waals surface area contributed by atoms with Gasteiger partial charge < -0.3 is 25.2 Å². The smallest absolute Gasteiger partial charge is 0.472 e. The summed E-state index contributed by atoms with van der Waals surface area (Å²) in [4.78, 5) is 46.0. The normalized spacial score (nSPS) is 14.4. The van der Waals surface area contributed by atoms with Crippen LogP contribution in [0, 0.1) is 0 Å². The first-order valence-electron chi connectivity index (χ1n) is 23.6. The summed E-state index contributed by atoms with van der Waals surface area (Å²) in [7, 11) is -4.78. The van der Waals surface area contributed by atoms with Crippen LogP contribution in [0.25, 0.3) is 0 Å². The molecule has 12 heteroatoms. The molecule has 62 heavy (non-hydrogen) atoms. The van der Waals surface area contributed by atoms with Crippen LogP contribution in [0.4, 0.5) is 0 Å². The minimum Gasteiger partial charge on any atom is -0.480 e. The number of aliphatic hydroxyl groups is 1. The quantitative estimate of drug-likeness (QED) is 0.0200. The molecule has 0 saturated carbocycles. The van der Waals surface area contributed by atoms with E-state index in [9.17, 15) is 34.1 Å². The van der Waals surface area contributed by atoms with Crippen LogP contribution in [0.2, 0.25) is 0 Å². The third-order valence-electron chi connectivity index (χ3n) is 9.66. The number of nitrogens with one attached hydrogen (secondary N) is 1. The lowest BCUT2D eigenvalue weighted by Crippen LogP contribution is -2.43. The van der Waals surface area contributed by atoms with Crippen LogP contribution in [0.5, 0.6) is 0 Å². The molecule has 0 aliphatic heterocycles. The molecule has 4 N–H and O–H groups in total.